The first-order valence-electron chi connectivity index (χ1n) is 7.07. The van der Waals surface area contributed by atoms with Crippen LogP contribution in [-0.2, 0) is 4.79 Å². The first-order valence-corrected chi connectivity index (χ1v) is 7.86. The number of hydrogen-bond acceptors (Lipinski definition) is 3. The molecule has 1 heterocycles. The number of likely N-dealkylation sites (tertiary alicyclic amines) is 1. The van der Waals surface area contributed by atoms with Gasteiger partial charge in [0.05, 0.1) is 17.7 Å². The average molecular weight is 371 g/mol. The number of rotatable bonds is 4. The second-order valence-corrected chi connectivity index (χ2v) is 6.46. The van der Waals surface area contributed by atoms with Crippen molar-refractivity contribution in [1.29, 1.82) is 0 Å². The Morgan fingerprint density at radius 2 is 2.23 bits per heavy atom. The van der Waals surface area contributed by atoms with Gasteiger partial charge in [-0.15, -0.1) is 0 Å². The first-order chi connectivity index (χ1) is 10.4. The van der Waals surface area contributed by atoms with E-state index in [4.69, 9.17) is 4.74 Å². The van der Waals surface area contributed by atoms with Crippen molar-refractivity contribution in [2.24, 2.45) is 5.41 Å². The molecule has 2 amide bonds. The first kappa shape index (κ1) is 16.6. The summed E-state index contributed by atoms with van der Waals surface area (Å²) in [4.78, 5) is 25.1. The minimum atomic E-state index is -0.875. The van der Waals surface area contributed by atoms with E-state index in [9.17, 15) is 14.7 Å². The number of amides is 2. The van der Waals surface area contributed by atoms with E-state index in [2.05, 4.69) is 21.2 Å². The fourth-order valence-electron chi connectivity index (χ4n) is 2.38. The summed E-state index contributed by atoms with van der Waals surface area (Å²) in [6, 6.07) is 5.03. The van der Waals surface area contributed by atoms with Crippen molar-refractivity contribution in [3.05, 3.63) is 22.7 Å². The number of urea groups is 1. The highest BCUT2D eigenvalue weighted by Crippen LogP contribution is 2.32. The zero-order valence-electron chi connectivity index (χ0n) is 12.6. The van der Waals surface area contributed by atoms with Crippen LogP contribution in [0.3, 0.4) is 0 Å². The van der Waals surface area contributed by atoms with E-state index in [1.54, 1.807) is 19.1 Å². The molecular formula is C15H19BrN2O4. The van der Waals surface area contributed by atoms with Crippen LogP contribution in [0.5, 0.6) is 5.75 Å². The van der Waals surface area contributed by atoms with Crippen LogP contribution in [0, 0.1) is 5.41 Å². The molecule has 0 saturated carbocycles. The maximum absolute atomic E-state index is 12.3. The van der Waals surface area contributed by atoms with E-state index in [0.29, 0.717) is 31.0 Å². The van der Waals surface area contributed by atoms with Crippen LogP contribution >= 0.6 is 15.9 Å². The second-order valence-electron chi connectivity index (χ2n) is 5.54. The minimum Gasteiger partial charge on any atom is -0.492 e. The molecular weight excluding hydrogens is 352 g/mol. The second kappa shape index (κ2) is 6.56. The Kier molecular flexibility index (Phi) is 4.95. The molecule has 120 valence electrons. The van der Waals surface area contributed by atoms with Gasteiger partial charge < -0.3 is 20.1 Å². The van der Waals surface area contributed by atoms with Crippen molar-refractivity contribution >= 4 is 33.6 Å². The number of carbonyl (C=O) groups is 2. The average Bonchev–Trinajstić information content (AvgIpc) is 2.86. The number of benzene rings is 1. The third-order valence-electron chi connectivity index (χ3n) is 3.76. The summed E-state index contributed by atoms with van der Waals surface area (Å²) in [6.07, 6.45) is 0.453. The number of halogens is 1. The Morgan fingerprint density at radius 3 is 2.82 bits per heavy atom. The van der Waals surface area contributed by atoms with E-state index in [0.717, 1.165) is 4.47 Å². The molecule has 6 nitrogen and oxygen atoms in total. The predicted molar refractivity (Wildman–Crippen MR) is 86.3 cm³/mol. The minimum absolute atomic E-state index is 0.203. The molecule has 0 bridgehead atoms. The molecule has 1 unspecified atom stereocenters. The normalized spacial score (nSPS) is 20.8. The smallest absolute Gasteiger partial charge is 0.321 e. The van der Waals surface area contributed by atoms with Crippen LogP contribution in [0.1, 0.15) is 20.3 Å². The number of carbonyl (C=O) groups excluding carboxylic acids is 1. The largest absolute Gasteiger partial charge is 0.492 e. The van der Waals surface area contributed by atoms with Crippen LogP contribution in [-0.4, -0.2) is 41.7 Å². The number of aliphatic carboxylic acids is 1. The van der Waals surface area contributed by atoms with Crippen LogP contribution < -0.4 is 10.1 Å². The molecule has 1 atom stereocenters. The van der Waals surface area contributed by atoms with Crippen molar-refractivity contribution < 1.29 is 19.4 Å². The molecule has 0 aromatic heterocycles. The molecule has 2 N–H and O–H groups in total. The lowest BCUT2D eigenvalue weighted by Gasteiger charge is -2.21. The van der Waals surface area contributed by atoms with E-state index < -0.39 is 11.4 Å². The third kappa shape index (κ3) is 3.52. The monoisotopic (exact) mass is 370 g/mol. The van der Waals surface area contributed by atoms with Crippen LogP contribution in [0.25, 0.3) is 0 Å². The summed E-state index contributed by atoms with van der Waals surface area (Å²) in [6.45, 7) is 4.64. The summed E-state index contributed by atoms with van der Waals surface area (Å²) in [5, 5.41) is 12.0. The van der Waals surface area contributed by atoms with Crippen molar-refractivity contribution in [3.8, 4) is 5.75 Å². The van der Waals surface area contributed by atoms with Gasteiger partial charge in [0.15, 0.2) is 0 Å². The van der Waals surface area contributed by atoms with E-state index in [1.165, 1.54) is 4.90 Å². The molecule has 0 aliphatic carbocycles. The van der Waals surface area contributed by atoms with E-state index in [-0.39, 0.29) is 12.6 Å². The lowest BCUT2D eigenvalue weighted by atomic mass is 9.90. The van der Waals surface area contributed by atoms with Gasteiger partial charge in [0.2, 0.25) is 0 Å². The number of carboxylic acids is 1. The van der Waals surface area contributed by atoms with Crippen molar-refractivity contribution in [2.45, 2.75) is 20.3 Å². The van der Waals surface area contributed by atoms with Gasteiger partial charge in [-0.2, -0.15) is 0 Å². The fourth-order valence-corrected chi connectivity index (χ4v) is 2.72. The Morgan fingerprint density at radius 1 is 1.50 bits per heavy atom. The van der Waals surface area contributed by atoms with Gasteiger partial charge >= 0.3 is 12.0 Å². The summed E-state index contributed by atoms with van der Waals surface area (Å²) < 4.78 is 6.36. The SMILES string of the molecule is CCOc1cc(Br)ccc1NC(=O)N1CCC(C)(C(=O)O)C1. The van der Waals surface area contributed by atoms with E-state index in [1.807, 2.05) is 13.0 Å². The molecule has 1 fully saturated rings. The molecule has 7 heteroatoms. The number of ether oxygens (including phenoxy) is 1. The maximum atomic E-state index is 12.3. The summed E-state index contributed by atoms with van der Waals surface area (Å²) in [5.41, 5.74) is -0.307. The number of anilines is 1. The van der Waals surface area contributed by atoms with Gasteiger partial charge in [-0.05, 0) is 38.5 Å². The van der Waals surface area contributed by atoms with Gasteiger partial charge in [0.1, 0.15) is 5.75 Å². The Bertz CT molecular complexity index is 593. The van der Waals surface area contributed by atoms with Crippen LogP contribution in [0.4, 0.5) is 10.5 Å². The summed E-state index contributed by atoms with van der Waals surface area (Å²) in [5.74, 6) is -0.299. The molecule has 2 rings (SSSR count). The Hall–Kier alpha value is -1.76. The summed E-state index contributed by atoms with van der Waals surface area (Å²) in [7, 11) is 0. The third-order valence-corrected chi connectivity index (χ3v) is 4.26. The highest BCUT2D eigenvalue weighted by molar-refractivity contribution is 9.10. The zero-order valence-corrected chi connectivity index (χ0v) is 14.1. The molecule has 1 saturated heterocycles. The lowest BCUT2D eigenvalue weighted by Crippen LogP contribution is -2.37. The molecule has 0 spiro atoms. The molecule has 0 radical (unpaired) electrons. The Balaban J connectivity index is 2.09. The topological polar surface area (TPSA) is 78.9 Å². The highest BCUT2D eigenvalue weighted by atomic mass is 79.9. The van der Waals surface area contributed by atoms with Crippen LogP contribution in [0.15, 0.2) is 22.7 Å². The molecule has 1 aliphatic rings. The number of hydrogen-bond donors (Lipinski definition) is 2. The maximum Gasteiger partial charge on any atom is 0.321 e. The van der Waals surface area contributed by atoms with Crippen molar-refractivity contribution in [3.63, 3.8) is 0 Å². The summed E-state index contributed by atoms with van der Waals surface area (Å²) >= 11 is 3.36. The fraction of sp³-hybridized carbons (Fsp3) is 0.467. The number of nitrogens with one attached hydrogen (secondary N) is 1. The van der Waals surface area contributed by atoms with Gasteiger partial charge in [0, 0.05) is 17.6 Å². The highest BCUT2D eigenvalue weighted by Gasteiger charge is 2.42. The van der Waals surface area contributed by atoms with Crippen molar-refractivity contribution in [1.82, 2.24) is 4.90 Å². The molecule has 1 aliphatic heterocycles. The molecule has 1 aromatic carbocycles. The van der Waals surface area contributed by atoms with E-state index >= 15 is 0 Å². The van der Waals surface area contributed by atoms with Gasteiger partial charge in [-0.3, -0.25) is 4.79 Å². The molecule has 1 aromatic rings. The Labute approximate surface area is 137 Å². The predicted octanol–water partition coefficient (Wildman–Crippen LogP) is 3.18. The quantitative estimate of drug-likeness (QED) is 0.852. The van der Waals surface area contributed by atoms with Crippen molar-refractivity contribution in [2.75, 3.05) is 25.0 Å². The number of nitrogens with zero attached hydrogens (tertiary/aromatic N) is 1. The standard InChI is InChI=1S/C15H19BrN2O4/c1-3-22-12-8-10(16)4-5-11(12)17-14(21)18-7-6-15(2,9-18)13(19)20/h4-5,8H,3,6-7,9H2,1-2H3,(H,17,21)(H,19,20). The lowest BCUT2D eigenvalue weighted by molar-refractivity contribution is -0.146. The number of carboxylic acid groups (broad SMARTS) is 1. The van der Waals surface area contributed by atoms with Gasteiger partial charge in [0.25, 0.3) is 0 Å². The van der Waals surface area contributed by atoms with Gasteiger partial charge in [-0.25, -0.2) is 4.79 Å². The van der Waals surface area contributed by atoms with Gasteiger partial charge in [-0.1, -0.05) is 15.9 Å². The zero-order chi connectivity index (χ0) is 16.3. The molecule has 22 heavy (non-hydrogen) atoms. The van der Waals surface area contributed by atoms with Crippen LogP contribution in [0.2, 0.25) is 0 Å².